The summed E-state index contributed by atoms with van der Waals surface area (Å²) < 4.78 is 5.26. The van der Waals surface area contributed by atoms with Crippen LogP contribution in [-0.4, -0.2) is 57.3 Å². The predicted octanol–water partition coefficient (Wildman–Crippen LogP) is 0.166. The maximum Gasteiger partial charge on any atom is 0.258 e. The van der Waals surface area contributed by atoms with Gasteiger partial charge in [-0.2, -0.15) is 4.98 Å². The van der Waals surface area contributed by atoms with Crippen LogP contribution in [0.25, 0.3) is 0 Å². The van der Waals surface area contributed by atoms with Crippen LogP contribution in [0.1, 0.15) is 29.0 Å². The zero-order valence-electron chi connectivity index (χ0n) is 13.9. The fraction of sp³-hybridized carbons (Fsp3) is 0.438. The van der Waals surface area contributed by atoms with Crippen LogP contribution in [0.5, 0.6) is 5.88 Å². The molecule has 9 heteroatoms. The van der Waals surface area contributed by atoms with E-state index < -0.39 is 0 Å². The van der Waals surface area contributed by atoms with Gasteiger partial charge in [0.25, 0.3) is 5.91 Å². The fourth-order valence-electron chi connectivity index (χ4n) is 2.77. The van der Waals surface area contributed by atoms with Crippen molar-refractivity contribution in [2.45, 2.75) is 25.4 Å². The number of hydrogen-bond acceptors (Lipinski definition) is 8. The van der Waals surface area contributed by atoms with Crippen molar-refractivity contribution in [3.8, 4) is 5.88 Å². The monoisotopic (exact) mass is 344 g/mol. The van der Waals surface area contributed by atoms with Gasteiger partial charge in [-0.1, -0.05) is 0 Å². The van der Waals surface area contributed by atoms with E-state index in [0.717, 1.165) is 19.4 Å². The highest BCUT2D eigenvalue weighted by Crippen LogP contribution is 2.25. The summed E-state index contributed by atoms with van der Waals surface area (Å²) >= 11 is 0. The molecule has 2 aromatic rings. The van der Waals surface area contributed by atoms with Crippen LogP contribution >= 0.6 is 0 Å². The van der Waals surface area contributed by atoms with Crippen molar-refractivity contribution in [1.82, 2.24) is 25.3 Å². The molecule has 1 fully saturated rings. The van der Waals surface area contributed by atoms with Gasteiger partial charge in [0.1, 0.15) is 11.4 Å². The van der Waals surface area contributed by atoms with Gasteiger partial charge in [-0.3, -0.25) is 4.79 Å². The maximum absolute atomic E-state index is 12.4. The molecule has 132 valence electrons. The summed E-state index contributed by atoms with van der Waals surface area (Å²) in [6.45, 7) is 1.01. The standard InChI is InChI=1S/C16H20N6O3/c1-25-15-12(14(24)19-9-13-17-5-3-6-18-13)8-20-16(21-15)22-7-2-4-11(22)10-23/h3,5-6,8,11,23H,2,4,7,9-10H2,1H3,(H,19,24). The number of anilines is 1. The second kappa shape index (κ2) is 7.84. The lowest BCUT2D eigenvalue weighted by Crippen LogP contribution is -2.34. The molecule has 1 unspecified atom stereocenters. The molecule has 0 radical (unpaired) electrons. The Morgan fingerprint density at radius 3 is 2.92 bits per heavy atom. The van der Waals surface area contributed by atoms with Crippen LogP contribution in [0.3, 0.4) is 0 Å². The highest BCUT2D eigenvalue weighted by Gasteiger charge is 2.27. The van der Waals surface area contributed by atoms with Gasteiger partial charge in [0, 0.05) is 25.1 Å². The van der Waals surface area contributed by atoms with Gasteiger partial charge in [0.2, 0.25) is 11.8 Å². The Morgan fingerprint density at radius 2 is 2.20 bits per heavy atom. The van der Waals surface area contributed by atoms with Gasteiger partial charge in [-0.05, 0) is 18.9 Å². The van der Waals surface area contributed by atoms with Crippen LogP contribution < -0.4 is 15.0 Å². The predicted molar refractivity (Wildman–Crippen MR) is 89.2 cm³/mol. The molecular formula is C16H20N6O3. The summed E-state index contributed by atoms with van der Waals surface area (Å²) in [7, 11) is 1.46. The van der Waals surface area contributed by atoms with Gasteiger partial charge >= 0.3 is 0 Å². The number of aromatic nitrogens is 4. The van der Waals surface area contributed by atoms with E-state index in [1.165, 1.54) is 13.3 Å². The molecule has 1 amide bonds. The third-order valence-corrected chi connectivity index (χ3v) is 4.05. The molecule has 25 heavy (non-hydrogen) atoms. The fourth-order valence-corrected chi connectivity index (χ4v) is 2.77. The maximum atomic E-state index is 12.4. The van der Waals surface area contributed by atoms with Gasteiger partial charge in [0.15, 0.2) is 0 Å². The van der Waals surface area contributed by atoms with Crippen molar-refractivity contribution in [2.24, 2.45) is 0 Å². The third kappa shape index (κ3) is 3.82. The number of carbonyl (C=O) groups is 1. The number of carbonyl (C=O) groups excluding carboxylic acids is 1. The Labute approximate surface area is 145 Å². The number of methoxy groups -OCH3 is 1. The van der Waals surface area contributed by atoms with Crippen LogP contribution in [0, 0.1) is 0 Å². The number of hydrogen-bond donors (Lipinski definition) is 2. The molecule has 2 aromatic heterocycles. The minimum atomic E-state index is -0.365. The average Bonchev–Trinajstić information content (AvgIpc) is 3.15. The van der Waals surface area contributed by atoms with Crippen molar-refractivity contribution in [3.63, 3.8) is 0 Å². The molecule has 0 aliphatic carbocycles. The summed E-state index contributed by atoms with van der Waals surface area (Å²) in [5.41, 5.74) is 0.238. The minimum absolute atomic E-state index is 0.000359. The van der Waals surface area contributed by atoms with E-state index in [4.69, 9.17) is 4.74 Å². The summed E-state index contributed by atoms with van der Waals surface area (Å²) in [6.07, 6.45) is 6.52. The van der Waals surface area contributed by atoms with Gasteiger partial charge in [-0.15, -0.1) is 0 Å². The highest BCUT2D eigenvalue weighted by atomic mass is 16.5. The van der Waals surface area contributed by atoms with E-state index in [9.17, 15) is 9.90 Å². The Bertz CT molecular complexity index is 727. The Morgan fingerprint density at radius 1 is 1.40 bits per heavy atom. The first-order valence-electron chi connectivity index (χ1n) is 8.05. The van der Waals surface area contributed by atoms with Crippen LogP contribution in [-0.2, 0) is 6.54 Å². The molecule has 0 aromatic carbocycles. The highest BCUT2D eigenvalue weighted by molar-refractivity contribution is 5.96. The number of nitrogens with one attached hydrogen (secondary N) is 1. The summed E-state index contributed by atoms with van der Waals surface area (Å²) in [5.74, 6) is 0.794. The van der Waals surface area contributed by atoms with Crippen molar-refractivity contribution in [1.29, 1.82) is 0 Å². The minimum Gasteiger partial charge on any atom is -0.480 e. The van der Waals surface area contributed by atoms with Gasteiger partial charge in [0.05, 0.1) is 26.3 Å². The Balaban J connectivity index is 1.74. The topological polar surface area (TPSA) is 113 Å². The second-order valence-corrected chi connectivity index (χ2v) is 5.61. The lowest BCUT2D eigenvalue weighted by Gasteiger charge is -2.23. The first-order valence-corrected chi connectivity index (χ1v) is 8.05. The van der Waals surface area contributed by atoms with Crippen molar-refractivity contribution >= 4 is 11.9 Å². The molecule has 0 spiro atoms. The molecule has 3 rings (SSSR count). The Hall–Kier alpha value is -2.81. The lowest BCUT2D eigenvalue weighted by atomic mass is 10.2. The van der Waals surface area contributed by atoms with E-state index in [0.29, 0.717) is 11.8 Å². The first kappa shape index (κ1) is 17.0. The lowest BCUT2D eigenvalue weighted by molar-refractivity contribution is 0.0945. The average molecular weight is 344 g/mol. The molecule has 0 saturated carbocycles. The molecular weight excluding hydrogens is 324 g/mol. The molecule has 1 atom stereocenters. The molecule has 3 heterocycles. The van der Waals surface area contributed by atoms with Crippen LogP contribution in [0.2, 0.25) is 0 Å². The number of amides is 1. The largest absolute Gasteiger partial charge is 0.480 e. The smallest absolute Gasteiger partial charge is 0.258 e. The number of nitrogens with zero attached hydrogens (tertiary/aromatic N) is 5. The van der Waals surface area contributed by atoms with Crippen molar-refractivity contribution in [2.75, 3.05) is 25.2 Å². The molecule has 9 nitrogen and oxygen atoms in total. The first-order chi connectivity index (χ1) is 12.2. The quantitative estimate of drug-likeness (QED) is 0.762. The summed E-state index contributed by atoms with van der Waals surface area (Å²) in [4.78, 5) is 31.0. The number of rotatable bonds is 6. The molecule has 0 bridgehead atoms. The zero-order chi connectivity index (χ0) is 17.6. The number of aliphatic hydroxyl groups is 1. The Kier molecular flexibility index (Phi) is 5.34. The second-order valence-electron chi connectivity index (χ2n) is 5.61. The van der Waals surface area contributed by atoms with Crippen molar-refractivity contribution < 1.29 is 14.6 Å². The van der Waals surface area contributed by atoms with Crippen molar-refractivity contribution in [3.05, 3.63) is 36.0 Å². The molecule has 1 aliphatic rings. The molecule has 1 saturated heterocycles. The third-order valence-electron chi connectivity index (χ3n) is 4.05. The van der Waals surface area contributed by atoms with Crippen LogP contribution in [0.15, 0.2) is 24.7 Å². The van der Waals surface area contributed by atoms with Gasteiger partial charge < -0.3 is 20.1 Å². The normalized spacial score (nSPS) is 16.7. The summed E-state index contributed by atoms with van der Waals surface area (Å²) in [6, 6.07) is 1.71. The number of aliphatic hydroxyl groups excluding tert-OH is 1. The van der Waals surface area contributed by atoms with E-state index in [1.807, 2.05) is 4.90 Å². The van der Waals surface area contributed by atoms with Gasteiger partial charge in [-0.25, -0.2) is 15.0 Å². The zero-order valence-corrected chi connectivity index (χ0v) is 13.9. The molecule has 2 N–H and O–H groups in total. The molecule has 1 aliphatic heterocycles. The summed E-state index contributed by atoms with van der Waals surface area (Å²) in [5, 5.41) is 12.2. The number of ether oxygens (including phenoxy) is 1. The van der Waals surface area contributed by atoms with E-state index in [1.54, 1.807) is 18.5 Å². The van der Waals surface area contributed by atoms with E-state index >= 15 is 0 Å². The SMILES string of the molecule is COc1nc(N2CCCC2CO)ncc1C(=O)NCc1ncccn1. The van der Waals surface area contributed by atoms with E-state index in [2.05, 4.69) is 25.3 Å². The van der Waals surface area contributed by atoms with Crippen LogP contribution in [0.4, 0.5) is 5.95 Å². The van der Waals surface area contributed by atoms with E-state index in [-0.39, 0.29) is 36.5 Å².